The van der Waals surface area contributed by atoms with Crippen molar-refractivity contribution in [2.45, 2.75) is 32.3 Å². The minimum Gasteiger partial charge on any atom is -0.443 e. The van der Waals surface area contributed by atoms with Crippen molar-refractivity contribution < 1.29 is 9.53 Å². The van der Waals surface area contributed by atoms with Crippen LogP contribution >= 0.6 is 15.9 Å². The molecule has 1 atom stereocenters. The molecule has 0 radical (unpaired) electrons. The zero-order valence-electron chi connectivity index (χ0n) is 10.7. The first-order chi connectivity index (χ1) is 8.49. The van der Waals surface area contributed by atoms with E-state index < -0.39 is 11.7 Å². The molecular weight excluding hydrogens is 294 g/mol. The van der Waals surface area contributed by atoms with Gasteiger partial charge in [-0.2, -0.15) is 0 Å². The van der Waals surface area contributed by atoms with E-state index in [1.165, 1.54) is 0 Å². The first-order valence-corrected chi connectivity index (χ1v) is 6.65. The van der Waals surface area contributed by atoms with Crippen LogP contribution in [0.1, 0.15) is 26.7 Å². The Kier molecular flexibility index (Phi) is 5.41. The Morgan fingerprint density at radius 2 is 2.11 bits per heavy atom. The molecule has 4 heteroatoms. The predicted molar refractivity (Wildman–Crippen MR) is 77.8 cm³/mol. The average Bonchev–Trinajstić information content (AvgIpc) is 2.32. The summed E-state index contributed by atoms with van der Waals surface area (Å²) in [4.78, 5) is 11.8. The van der Waals surface area contributed by atoms with Gasteiger partial charge in [-0.1, -0.05) is 28.9 Å². The number of carbonyl (C=O) groups excluding carboxylic acids is 1. The second-order valence-electron chi connectivity index (χ2n) is 4.32. The second-order valence-corrected chi connectivity index (χ2v) is 5.23. The zero-order valence-corrected chi connectivity index (χ0v) is 12.3. The van der Waals surface area contributed by atoms with Gasteiger partial charge < -0.3 is 4.74 Å². The Morgan fingerprint density at radius 3 is 2.61 bits per heavy atom. The summed E-state index contributed by atoms with van der Waals surface area (Å²) in [5.74, 6) is 0. The van der Waals surface area contributed by atoms with Gasteiger partial charge in [-0.3, -0.25) is 5.32 Å². The van der Waals surface area contributed by atoms with E-state index in [0.717, 1.165) is 10.9 Å². The van der Waals surface area contributed by atoms with Crippen LogP contribution < -0.4 is 5.32 Å². The maximum atomic E-state index is 11.8. The molecule has 0 fully saturated rings. The number of ether oxygens (including phenoxy) is 1. The summed E-state index contributed by atoms with van der Waals surface area (Å²) in [5, 5.41) is 2.70. The van der Waals surface area contributed by atoms with Gasteiger partial charge in [0.1, 0.15) is 5.60 Å². The molecule has 1 unspecified atom stereocenters. The van der Waals surface area contributed by atoms with E-state index in [1.807, 2.05) is 38.1 Å². The maximum Gasteiger partial charge on any atom is 0.412 e. The first kappa shape index (κ1) is 14.8. The lowest BCUT2D eigenvalue weighted by atomic mass is 9.99. The van der Waals surface area contributed by atoms with E-state index in [9.17, 15) is 4.79 Å². The Bertz CT molecular complexity index is 416. The molecule has 0 bridgehead atoms. The molecule has 1 rings (SSSR count). The average molecular weight is 312 g/mol. The molecule has 1 amide bonds. The molecule has 0 saturated carbocycles. The van der Waals surface area contributed by atoms with Gasteiger partial charge in [0.15, 0.2) is 0 Å². The highest BCUT2D eigenvalue weighted by atomic mass is 79.9. The van der Waals surface area contributed by atoms with Gasteiger partial charge in [0.25, 0.3) is 0 Å². The molecule has 1 aromatic rings. The molecule has 0 aromatic heterocycles. The fourth-order valence-corrected chi connectivity index (χ4v) is 1.73. The van der Waals surface area contributed by atoms with Gasteiger partial charge >= 0.3 is 6.09 Å². The summed E-state index contributed by atoms with van der Waals surface area (Å²) in [6, 6.07) is 7.33. The standard InChI is InChI=1S/C14H18BrNO2/c1-4-10-14(3,5-2)18-13(17)16-12-8-6-11(15)7-9-12/h4,6-9H,1,5,10H2,2-3H3,(H,16,17). The van der Waals surface area contributed by atoms with Crippen molar-refractivity contribution in [3.8, 4) is 0 Å². The third-order valence-corrected chi connectivity index (χ3v) is 3.28. The number of anilines is 1. The molecule has 0 aliphatic carbocycles. The summed E-state index contributed by atoms with van der Waals surface area (Å²) in [6.45, 7) is 7.56. The lowest BCUT2D eigenvalue weighted by Gasteiger charge is -2.27. The monoisotopic (exact) mass is 311 g/mol. The van der Waals surface area contributed by atoms with Crippen LogP contribution in [0.4, 0.5) is 10.5 Å². The normalized spacial score (nSPS) is 13.5. The molecule has 0 aliphatic rings. The first-order valence-electron chi connectivity index (χ1n) is 5.85. The number of amides is 1. The van der Waals surface area contributed by atoms with Crippen molar-refractivity contribution in [2.24, 2.45) is 0 Å². The third kappa shape index (κ3) is 4.53. The third-order valence-electron chi connectivity index (χ3n) is 2.75. The predicted octanol–water partition coefficient (Wildman–Crippen LogP) is 4.74. The Morgan fingerprint density at radius 1 is 1.50 bits per heavy atom. The number of halogens is 1. The van der Waals surface area contributed by atoms with Crippen LogP contribution in [-0.2, 0) is 4.74 Å². The molecule has 1 N–H and O–H groups in total. The van der Waals surface area contributed by atoms with Crippen LogP contribution in [0, 0.1) is 0 Å². The fraction of sp³-hybridized carbons (Fsp3) is 0.357. The number of rotatable bonds is 5. The number of nitrogens with one attached hydrogen (secondary N) is 1. The molecule has 0 aliphatic heterocycles. The van der Waals surface area contributed by atoms with Gasteiger partial charge in [-0.05, 0) is 37.6 Å². The summed E-state index contributed by atoms with van der Waals surface area (Å²) in [6.07, 6.45) is 2.70. The minimum absolute atomic E-state index is 0.441. The Labute approximate surface area is 116 Å². The maximum absolute atomic E-state index is 11.8. The van der Waals surface area contributed by atoms with E-state index >= 15 is 0 Å². The van der Waals surface area contributed by atoms with Crippen molar-refractivity contribution in [1.82, 2.24) is 0 Å². The van der Waals surface area contributed by atoms with Crippen LogP contribution in [0.3, 0.4) is 0 Å². The summed E-state index contributed by atoms with van der Waals surface area (Å²) in [5.41, 5.74) is 0.210. The number of hydrogen-bond acceptors (Lipinski definition) is 2. The molecule has 0 spiro atoms. The van der Waals surface area contributed by atoms with E-state index in [2.05, 4.69) is 27.8 Å². The van der Waals surface area contributed by atoms with Crippen LogP contribution in [0.5, 0.6) is 0 Å². The highest BCUT2D eigenvalue weighted by molar-refractivity contribution is 9.10. The molecular formula is C14H18BrNO2. The Balaban J connectivity index is 2.60. The topological polar surface area (TPSA) is 38.3 Å². The van der Waals surface area contributed by atoms with Crippen molar-refractivity contribution in [2.75, 3.05) is 5.32 Å². The van der Waals surface area contributed by atoms with Gasteiger partial charge in [0, 0.05) is 16.6 Å². The van der Waals surface area contributed by atoms with Gasteiger partial charge in [0.05, 0.1) is 0 Å². The van der Waals surface area contributed by atoms with Crippen molar-refractivity contribution in [3.05, 3.63) is 41.4 Å². The van der Waals surface area contributed by atoms with Gasteiger partial charge in [0.2, 0.25) is 0 Å². The zero-order chi connectivity index (χ0) is 13.6. The van der Waals surface area contributed by atoms with Gasteiger partial charge in [-0.25, -0.2) is 4.79 Å². The van der Waals surface area contributed by atoms with Crippen LogP contribution in [0.2, 0.25) is 0 Å². The van der Waals surface area contributed by atoms with Crippen LogP contribution in [0.15, 0.2) is 41.4 Å². The summed E-state index contributed by atoms with van der Waals surface area (Å²) < 4.78 is 6.39. The number of benzene rings is 1. The van der Waals surface area contributed by atoms with Crippen molar-refractivity contribution in [3.63, 3.8) is 0 Å². The highest BCUT2D eigenvalue weighted by Crippen LogP contribution is 2.21. The smallest absolute Gasteiger partial charge is 0.412 e. The molecule has 1 aromatic carbocycles. The SMILES string of the molecule is C=CCC(C)(CC)OC(=O)Nc1ccc(Br)cc1. The molecule has 3 nitrogen and oxygen atoms in total. The number of carbonyl (C=O) groups is 1. The van der Waals surface area contributed by atoms with Gasteiger partial charge in [-0.15, -0.1) is 6.58 Å². The summed E-state index contributed by atoms with van der Waals surface area (Å²) >= 11 is 3.34. The summed E-state index contributed by atoms with van der Waals surface area (Å²) in [7, 11) is 0. The van der Waals surface area contributed by atoms with Crippen LogP contribution in [0.25, 0.3) is 0 Å². The quantitative estimate of drug-likeness (QED) is 0.797. The second kappa shape index (κ2) is 6.59. The molecule has 0 heterocycles. The molecule has 0 saturated heterocycles. The number of hydrogen-bond donors (Lipinski definition) is 1. The van der Waals surface area contributed by atoms with E-state index in [0.29, 0.717) is 12.1 Å². The van der Waals surface area contributed by atoms with Crippen molar-refractivity contribution in [1.29, 1.82) is 0 Å². The Hall–Kier alpha value is -1.29. The minimum atomic E-state index is -0.499. The van der Waals surface area contributed by atoms with Crippen LogP contribution in [-0.4, -0.2) is 11.7 Å². The van der Waals surface area contributed by atoms with E-state index in [4.69, 9.17) is 4.74 Å². The molecule has 18 heavy (non-hydrogen) atoms. The lowest BCUT2D eigenvalue weighted by molar-refractivity contribution is 0.0336. The van der Waals surface area contributed by atoms with E-state index in [1.54, 1.807) is 6.08 Å². The largest absolute Gasteiger partial charge is 0.443 e. The highest BCUT2D eigenvalue weighted by Gasteiger charge is 2.25. The lowest BCUT2D eigenvalue weighted by Crippen LogP contribution is -2.32. The fourth-order valence-electron chi connectivity index (χ4n) is 1.46. The van der Waals surface area contributed by atoms with Crippen molar-refractivity contribution >= 4 is 27.7 Å². The molecule has 98 valence electrons. The van der Waals surface area contributed by atoms with E-state index in [-0.39, 0.29) is 0 Å².